The predicted molar refractivity (Wildman–Crippen MR) is 101 cm³/mol. The lowest BCUT2D eigenvalue weighted by Gasteiger charge is -2.12. The molecule has 1 heteroatoms. The van der Waals surface area contributed by atoms with Crippen LogP contribution in [0.1, 0.15) is 49.7 Å². The largest absolute Gasteiger partial charge is 0.220 e. The Kier molecular flexibility index (Phi) is 3.58. The Hall–Kier alpha value is -2.15. The van der Waals surface area contributed by atoms with E-state index in [-0.39, 0.29) is 0 Å². The number of aryl methyl sites for hydroxylation is 2. The minimum absolute atomic E-state index is 0.562. The Balaban J connectivity index is 1.96. The van der Waals surface area contributed by atoms with Crippen molar-refractivity contribution in [1.29, 1.82) is 0 Å². The van der Waals surface area contributed by atoms with Crippen LogP contribution in [0.2, 0.25) is 0 Å². The number of hydrogen-bond acceptors (Lipinski definition) is 0. The van der Waals surface area contributed by atoms with Crippen molar-refractivity contribution in [3.8, 4) is 11.3 Å². The quantitative estimate of drug-likeness (QED) is 0.541. The number of nitrogens with zero attached hydrogens (tertiary/aromatic N) is 1. The van der Waals surface area contributed by atoms with Gasteiger partial charge in [0.2, 0.25) is 5.69 Å². The molecule has 0 spiro atoms. The van der Waals surface area contributed by atoms with Gasteiger partial charge in [-0.05, 0) is 61.3 Å². The van der Waals surface area contributed by atoms with E-state index in [9.17, 15) is 0 Å². The van der Waals surface area contributed by atoms with Gasteiger partial charge in [-0.15, -0.1) is 0 Å². The molecule has 0 saturated heterocycles. The number of fused-ring (bicyclic) bond motifs is 1. The topological polar surface area (TPSA) is 3.88 Å². The summed E-state index contributed by atoms with van der Waals surface area (Å²) in [6, 6.07) is 15.5. The van der Waals surface area contributed by atoms with Gasteiger partial charge in [-0.2, -0.15) is 0 Å². The zero-order valence-electron chi connectivity index (χ0n) is 15.9. The van der Waals surface area contributed by atoms with Crippen molar-refractivity contribution < 1.29 is 5.94 Å². The molecule has 1 heterocycles. The van der Waals surface area contributed by atoms with Crippen molar-refractivity contribution in [2.45, 2.75) is 45.4 Å². The molecule has 0 unspecified atom stereocenters. The summed E-state index contributed by atoms with van der Waals surface area (Å²) < 4.78 is 10.5. The summed E-state index contributed by atoms with van der Waals surface area (Å²) in [6.07, 6.45) is 5.88. The lowest BCUT2D eigenvalue weighted by molar-refractivity contribution is -0.659. The molecule has 0 aliphatic heterocycles. The molecule has 0 bridgehead atoms. The fraction of sp³-hybridized carbons (Fsp3) is 0.348. The number of benzene rings is 2. The molecule has 0 N–H and O–H groups in total. The second kappa shape index (κ2) is 6.05. The van der Waals surface area contributed by atoms with Gasteiger partial charge in [0.1, 0.15) is 8.42 Å². The summed E-state index contributed by atoms with van der Waals surface area (Å²) in [4.78, 5) is 0. The molecule has 4 rings (SSSR count). The Morgan fingerprint density at radius 2 is 1.79 bits per heavy atom. The van der Waals surface area contributed by atoms with Crippen molar-refractivity contribution >= 4 is 10.8 Å². The van der Waals surface area contributed by atoms with Crippen LogP contribution >= 0.6 is 0 Å². The first kappa shape index (κ1) is 14.2. The minimum atomic E-state index is 0.562. The van der Waals surface area contributed by atoms with Crippen molar-refractivity contribution in [3.63, 3.8) is 0 Å². The van der Waals surface area contributed by atoms with Gasteiger partial charge < -0.3 is 0 Å². The zero-order chi connectivity index (χ0) is 17.6. The third-order valence-corrected chi connectivity index (χ3v) is 5.55. The number of rotatable bonds is 2. The van der Waals surface area contributed by atoms with Gasteiger partial charge in [0.05, 0.1) is 5.39 Å². The van der Waals surface area contributed by atoms with Crippen molar-refractivity contribution in [1.82, 2.24) is 0 Å². The zero-order valence-corrected chi connectivity index (χ0v) is 14.9. The molecule has 0 radical (unpaired) electrons. The molecule has 1 aromatic heterocycles. The molecule has 1 aliphatic rings. The van der Waals surface area contributed by atoms with E-state index in [1.165, 1.54) is 58.7 Å². The lowest BCUT2D eigenvalue weighted by atomic mass is 9.93. The molecule has 1 fully saturated rings. The van der Waals surface area contributed by atoms with E-state index in [4.69, 9.17) is 1.37 Å². The van der Waals surface area contributed by atoms with E-state index in [1.807, 2.05) is 17.7 Å². The average Bonchev–Trinajstić information content (AvgIpc) is 3.13. The number of pyridine rings is 1. The molecule has 3 aromatic rings. The van der Waals surface area contributed by atoms with E-state index >= 15 is 0 Å². The molecule has 1 saturated carbocycles. The highest BCUT2D eigenvalue weighted by Crippen LogP contribution is 2.36. The Morgan fingerprint density at radius 3 is 2.58 bits per heavy atom. The van der Waals surface area contributed by atoms with Crippen LogP contribution < -0.4 is 4.57 Å². The van der Waals surface area contributed by atoms with Crippen LogP contribution in [0.3, 0.4) is 0 Å². The maximum Gasteiger partial charge on any atom is 0.220 e. The Morgan fingerprint density at radius 1 is 1.00 bits per heavy atom. The van der Waals surface area contributed by atoms with Crippen LogP contribution in [0.25, 0.3) is 22.0 Å². The van der Waals surface area contributed by atoms with Gasteiger partial charge in [0, 0.05) is 11.6 Å². The van der Waals surface area contributed by atoms with Gasteiger partial charge >= 0.3 is 0 Å². The summed E-state index contributed by atoms with van der Waals surface area (Å²) in [5.41, 5.74) is 6.35. The molecule has 1 aliphatic carbocycles. The first-order valence-electron chi connectivity index (χ1n) is 9.55. The van der Waals surface area contributed by atoms with E-state index in [1.54, 1.807) is 0 Å². The van der Waals surface area contributed by atoms with Crippen LogP contribution in [0.15, 0.2) is 48.6 Å². The van der Waals surface area contributed by atoms with Gasteiger partial charge in [-0.3, -0.25) is 0 Å². The highest BCUT2D eigenvalue weighted by molar-refractivity contribution is 5.94. The number of aromatic nitrogens is 1. The monoisotopic (exact) mass is 317 g/mol. The summed E-state index contributed by atoms with van der Waals surface area (Å²) in [7, 11) is 2.00. The van der Waals surface area contributed by atoms with Crippen LogP contribution in [-0.2, 0) is 7.05 Å². The first-order valence-corrected chi connectivity index (χ1v) is 9.05. The summed E-state index contributed by atoms with van der Waals surface area (Å²) in [5.74, 6) is 0.705. The van der Waals surface area contributed by atoms with Gasteiger partial charge in [-0.25, -0.2) is 4.57 Å². The molecule has 1 nitrogen and oxygen atoms in total. The summed E-state index contributed by atoms with van der Waals surface area (Å²) >= 11 is 0. The van der Waals surface area contributed by atoms with Crippen molar-refractivity contribution in [2.24, 2.45) is 7.05 Å². The maximum atomic E-state index is 8.46. The summed E-state index contributed by atoms with van der Waals surface area (Å²) in [5, 5.41) is 2.44. The molecule has 122 valence electrons. The van der Waals surface area contributed by atoms with Crippen LogP contribution in [-0.4, -0.2) is 0 Å². The summed E-state index contributed by atoms with van der Waals surface area (Å²) in [6.45, 7) is 4.29. The molecule has 0 atom stereocenters. The highest BCUT2D eigenvalue weighted by atomic mass is 14.9. The predicted octanol–water partition coefficient (Wildman–Crippen LogP) is 5.61. The third kappa shape index (κ3) is 2.62. The highest BCUT2D eigenvalue weighted by Gasteiger charge is 2.20. The third-order valence-electron chi connectivity index (χ3n) is 5.55. The fourth-order valence-electron chi connectivity index (χ4n) is 4.16. The number of hydrogen-bond donors (Lipinski definition) is 0. The maximum absolute atomic E-state index is 8.46. The Labute approximate surface area is 146 Å². The normalized spacial score (nSPS) is 15.9. The van der Waals surface area contributed by atoms with Crippen molar-refractivity contribution in [2.75, 3.05) is 0 Å². The first-order chi connectivity index (χ1) is 12.0. The second-order valence-electron chi connectivity index (χ2n) is 7.33. The molecule has 0 amide bonds. The Bertz CT molecular complexity index is 952. The average molecular weight is 317 g/mol. The van der Waals surface area contributed by atoms with E-state index in [2.05, 4.69) is 50.2 Å². The molecule has 2 aromatic carbocycles. The van der Waals surface area contributed by atoms with E-state index in [0.717, 1.165) is 5.69 Å². The van der Waals surface area contributed by atoms with Crippen molar-refractivity contribution in [3.05, 3.63) is 65.3 Å². The van der Waals surface area contributed by atoms with Crippen LogP contribution in [0.5, 0.6) is 0 Å². The molecular weight excluding hydrogens is 290 g/mol. The van der Waals surface area contributed by atoms with Gasteiger partial charge in [0.25, 0.3) is 0 Å². The van der Waals surface area contributed by atoms with E-state index < -0.39 is 0 Å². The van der Waals surface area contributed by atoms with Gasteiger partial charge in [0.15, 0.2) is 6.17 Å². The second-order valence-corrected chi connectivity index (χ2v) is 7.33. The smallest absolute Gasteiger partial charge is 0.200 e. The SMILES string of the molecule is [2H]c1cc2cc(C3CCCC3)ccc2c(-c2cc(C)ccc2C)[n+]1C. The van der Waals surface area contributed by atoms with Crippen LogP contribution in [0.4, 0.5) is 0 Å². The van der Waals surface area contributed by atoms with E-state index in [0.29, 0.717) is 12.1 Å². The standard InChI is InChI=1S/C23H26N/c1-16-8-9-17(2)22(14-16)23-21-11-10-19(18-6-4-5-7-18)15-20(21)12-13-24(23)3/h8-15,18H,4-7H2,1-3H3/q+1/i13D. The fourth-order valence-corrected chi connectivity index (χ4v) is 4.16. The molecular formula is C23H26N+. The van der Waals surface area contributed by atoms with Gasteiger partial charge in [-0.1, -0.05) is 42.7 Å². The molecule has 24 heavy (non-hydrogen) atoms. The lowest BCUT2D eigenvalue weighted by Crippen LogP contribution is -2.30. The minimum Gasteiger partial charge on any atom is -0.200 e. The van der Waals surface area contributed by atoms with Crippen LogP contribution in [0, 0.1) is 13.8 Å².